The topological polar surface area (TPSA) is 55.1 Å². The van der Waals surface area contributed by atoms with E-state index >= 15 is 0 Å². The highest BCUT2D eigenvalue weighted by Gasteiger charge is 2.33. The summed E-state index contributed by atoms with van der Waals surface area (Å²) < 4.78 is 44.2. The third kappa shape index (κ3) is 4.26. The van der Waals surface area contributed by atoms with Crippen LogP contribution < -0.4 is 5.32 Å². The lowest BCUT2D eigenvalue weighted by molar-refractivity contribution is -0.137. The summed E-state index contributed by atoms with van der Waals surface area (Å²) in [6.45, 7) is 0. The molecule has 9 heteroatoms. The van der Waals surface area contributed by atoms with E-state index in [1.54, 1.807) is 18.2 Å². The smallest absolute Gasteiger partial charge is 0.418 e. The standard InChI is InChI=1S/C16H10ClF3N2O2S/c17-9-5-6-13-12(7-9)22-15(24-13)25-8-14(23)21-11-4-2-1-3-10(11)16(18,19)20/h1-7H,8H2,(H,21,23). The quantitative estimate of drug-likeness (QED) is 0.624. The second kappa shape index (κ2) is 6.97. The van der Waals surface area contributed by atoms with Crippen molar-refractivity contribution in [2.75, 3.05) is 11.1 Å². The minimum absolute atomic E-state index is 0.146. The van der Waals surface area contributed by atoms with Crippen LogP contribution in [0.3, 0.4) is 0 Å². The number of nitrogens with one attached hydrogen (secondary N) is 1. The van der Waals surface area contributed by atoms with Crippen LogP contribution in [0.1, 0.15) is 5.56 Å². The van der Waals surface area contributed by atoms with E-state index in [0.29, 0.717) is 16.1 Å². The molecule has 1 N–H and O–H groups in total. The molecular formula is C16H10ClF3N2O2S. The lowest BCUT2D eigenvalue weighted by Crippen LogP contribution is -2.18. The van der Waals surface area contributed by atoms with Crippen LogP contribution in [-0.4, -0.2) is 16.6 Å². The van der Waals surface area contributed by atoms with Crippen LogP contribution in [0.2, 0.25) is 5.02 Å². The molecule has 0 saturated carbocycles. The van der Waals surface area contributed by atoms with Crippen molar-refractivity contribution in [3.63, 3.8) is 0 Å². The number of thioether (sulfide) groups is 1. The van der Waals surface area contributed by atoms with Gasteiger partial charge in [0.1, 0.15) is 5.52 Å². The second-order valence-electron chi connectivity index (χ2n) is 4.97. The molecule has 0 saturated heterocycles. The molecule has 130 valence electrons. The summed E-state index contributed by atoms with van der Waals surface area (Å²) in [7, 11) is 0. The summed E-state index contributed by atoms with van der Waals surface area (Å²) in [6, 6.07) is 9.70. The zero-order chi connectivity index (χ0) is 18.0. The molecule has 0 aliphatic rings. The molecule has 25 heavy (non-hydrogen) atoms. The van der Waals surface area contributed by atoms with Crippen molar-refractivity contribution >= 4 is 46.1 Å². The molecule has 1 heterocycles. The number of benzene rings is 2. The predicted molar refractivity (Wildman–Crippen MR) is 89.8 cm³/mol. The Morgan fingerprint density at radius 3 is 2.76 bits per heavy atom. The van der Waals surface area contributed by atoms with Crippen LogP contribution in [0.15, 0.2) is 52.1 Å². The van der Waals surface area contributed by atoms with Crippen molar-refractivity contribution in [2.24, 2.45) is 0 Å². The van der Waals surface area contributed by atoms with Gasteiger partial charge in [-0.15, -0.1) is 0 Å². The summed E-state index contributed by atoms with van der Waals surface area (Å²) in [5, 5.41) is 2.99. The van der Waals surface area contributed by atoms with Gasteiger partial charge in [0.15, 0.2) is 5.58 Å². The fraction of sp³-hybridized carbons (Fsp3) is 0.125. The third-order valence-electron chi connectivity index (χ3n) is 3.16. The Morgan fingerprint density at radius 2 is 2.00 bits per heavy atom. The van der Waals surface area contributed by atoms with E-state index in [2.05, 4.69) is 10.3 Å². The van der Waals surface area contributed by atoms with E-state index in [1.165, 1.54) is 18.2 Å². The number of rotatable bonds is 4. The second-order valence-corrected chi connectivity index (χ2v) is 6.34. The number of halogens is 4. The summed E-state index contributed by atoms with van der Waals surface area (Å²) in [4.78, 5) is 16.1. The number of fused-ring (bicyclic) bond motifs is 1. The zero-order valence-electron chi connectivity index (χ0n) is 12.4. The van der Waals surface area contributed by atoms with E-state index in [0.717, 1.165) is 17.8 Å². The highest BCUT2D eigenvalue weighted by Crippen LogP contribution is 2.34. The first kappa shape index (κ1) is 17.6. The molecule has 0 spiro atoms. The summed E-state index contributed by atoms with van der Waals surface area (Å²) in [5.41, 5.74) is -0.137. The summed E-state index contributed by atoms with van der Waals surface area (Å²) in [6.07, 6.45) is -4.55. The van der Waals surface area contributed by atoms with Crippen LogP contribution >= 0.6 is 23.4 Å². The fourth-order valence-corrected chi connectivity index (χ4v) is 2.90. The Bertz CT molecular complexity index is 927. The van der Waals surface area contributed by atoms with Crippen molar-refractivity contribution in [3.8, 4) is 0 Å². The SMILES string of the molecule is O=C(CSc1nc2cc(Cl)ccc2o1)Nc1ccccc1C(F)(F)F. The maximum Gasteiger partial charge on any atom is 0.418 e. The van der Waals surface area contributed by atoms with Crippen LogP contribution in [0.5, 0.6) is 0 Å². The van der Waals surface area contributed by atoms with Crippen molar-refractivity contribution in [2.45, 2.75) is 11.4 Å². The van der Waals surface area contributed by atoms with Gasteiger partial charge in [-0.25, -0.2) is 4.98 Å². The number of alkyl halides is 3. The van der Waals surface area contributed by atoms with Gasteiger partial charge < -0.3 is 9.73 Å². The Kier molecular flexibility index (Phi) is 4.91. The van der Waals surface area contributed by atoms with Gasteiger partial charge in [-0.1, -0.05) is 35.5 Å². The number of carbonyl (C=O) groups excluding carboxylic acids is 1. The van der Waals surface area contributed by atoms with Crippen LogP contribution in [0, 0.1) is 0 Å². The maximum absolute atomic E-state index is 12.9. The Hall–Kier alpha value is -2.19. The maximum atomic E-state index is 12.9. The third-order valence-corrected chi connectivity index (χ3v) is 4.23. The minimum Gasteiger partial charge on any atom is -0.431 e. The molecule has 0 aliphatic heterocycles. The fourth-order valence-electron chi connectivity index (χ4n) is 2.09. The zero-order valence-corrected chi connectivity index (χ0v) is 14.0. The molecule has 0 atom stereocenters. The molecule has 0 unspecified atom stereocenters. The van der Waals surface area contributed by atoms with Crippen LogP contribution in [0.4, 0.5) is 18.9 Å². The predicted octanol–water partition coefficient (Wildman–Crippen LogP) is 5.23. The molecule has 1 aromatic heterocycles. The van der Waals surface area contributed by atoms with Gasteiger partial charge in [0, 0.05) is 5.02 Å². The number of anilines is 1. The number of aromatic nitrogens is 1. The Labute approximate surface area is 149 Å². The average Bonchev–Trinajstić information content (AvgIpc) is 2.94. The number of carbonyl (C=O) groups is 1. The first-order chi connectivity index (χ1) is 11.8. The highest BCUT2D eigenvalue weighted by molar-refractivity contribution is 7.99. The monoisotopic (exact) mass is 386 g/mol. The number of oxazole rings is 1. The molecule has 4 nitrogen and oxygen atoms in total. The van der Waals surface area contributed by atoms with Gasteiger partial charge in [0.05, 0.1) is 17.0 Å². The van der Waals surface area contributed by atoms with Crippen molar-refractivity contribution in [1.29, 1.82) is 0 Å². The first-order valence-corrected chi connectivity index (χ1v) is 8.34. The van der Waals surface area contributed by atoms with Crippen molar-refractivity contribution in [1.82, 2.24) is 4.98 Å². The molecule has 0 radical (unpaired) electrons. The van der Waals surface area contributed by atoms with Crippen LogP contribution in [-0.2, 0) is 11.0 Å². The Balaban J connectivity index is 1.67. The van der Waals surface area contributed by atoms with E-state index in [-0.39, 0.29) is 16.7 Å². The van der Waals surface area contributed by atoms with Gasteiger partial charge in [0.2, 0.25) is 5.91 Å². The molecule has 0 fully saturated rings. The normalized spacial score (nSPS) is 11.7. The molecule has 0 bridgehead atoms. The number of hydrogen-bond donors (Lipinski definition) is 1. The van der Waals surface area contributed by atoms with Gasteiger partial charge in [-0.2, -0.15) is 13.2 Å². The molecule has 1 amide bonds. The lowest BCUT2D eigenvalue weighted by Gasteiger charge is -2.13. The Morgan fingerprint density at radius 1 is 1.24 bits per heavy atom. The summed E-state index contributed by atoms with van der Waals surface area (Å²) >= 11 is 6.83. The number of para-hydroxylation sites is 1. The summed E-state index contributed by atoms with van der Waals surface area (Å²) in [5.74, 6) is -0.741. The van der Waals surface area contributed by atoms with E-state index in [4.69, 9.17) is 16.0 Å². The first-order valence-electron chi connectivity index (χ1n) is 6.98. The number of hydrogen-bond acceptors (Lipinski definition) is 4. The van der Waals surface area contributed by atoms with Crippen molar-refractivity contribution < 1.29 is 22.4 Å². The van der Waals surface area contributed by atoms with Crippen LogP contribution in [0.25, 0.3) is 11.1 Å². The van der Waals surface area contributed by atoms with Gasteiger partial charge in [-0.05, 0) is 30.3 Å². The average molecular weight is 387 g/mol. The molecular weight excluding hydrogens is 377 g/mol. The lowest BCUT2D eigenvalue weighted by atomic mass is 10.1. The highest BCUT2D eigenvalue weighted by atomic mass is 35.5. The number of amides is 1. The van der Waals surface area contributed by atoms with E-state index in [1.807, 2.05) is 0 Å². The minimum atomic E-state index is -4.55. The molecule has 3 rings (SSSR count). The van der Waals surface area contributed by atoms with Gasteiger partial charge >= 0.3 is 6.18 Å². The molecule has 3 aromatic rings. The van der Waals surface area contributed by atoms with Crippen molar-refractivity contribution in [3.05, 3.63) is 53.1 Å². The molecule has 0 aliphatic carbocycles. The van der Waals surface area contributed by atoms with Gasteiger partial charge in [0.25, 0.3) is 5.22 Å². The van der Waals surface area contributed by atoms with Gasteiger partial charge in [-0.3, -0.25) is 4.79 Å². The number of nitrogens with zero attached hydrogens (tertiary/aromatic N) is 1. The molecule has 2 aromatic carbocycles. The van der Waals surface area contributed by atoms with E-state index < -0.39 is 17.6 Å². The largest absolute Gasteiger partial charge is 0.431 e. The van der Waals surface area contributed by atoms with E-state index in [9.17, 15) is 18.0 Å².